The number of ether oxygens (including phenoxy) is 1. The van der Waals surface area contributed by atoms with Crippen LogP contribution in [0.4, 0.5) is 5.00 Å². The number of rotatable bonds is 4. The van der Waals surface area contributed by atoms with Crippen molar-refractivity contribution in [3.8, 4) is 5.75 Å². The lowest BCUT2D eigenvalue weighted by Crippen LogP contribution is -2.17. The molecule has 0 radical (unpaired) electrons. The van der Waals surface area contributed by atoms with Gasteiger partial charge in [-0.25, -0.2) is 4.79 Å². The van der Waals surface area contributed by atoms with Gasteiger partial charge in [0.05, 0.1) is 5.56 Å². The highest BCUT2D eigenvalue weighted by molar-refractivity contribution is 7.17. The van der Waals surface area contributed by atoms with Crippen molar-refractivity contribution in [2.24, 2.45) is 0 Å². The van der Waals surface area contributed by atoms with Gasteiger partial charge in [0.1, 0.15) is 10.8 Å². The van der Waals surface area contributed by atoms with Gasteiger partial charge in [0.2, 0.25) is 0 Å². The number of amides is 1. The fraction of sp³-hybridized carbons (Fsp3) is 0.182. The number of carbonyl (C=O) groups excluding carboxylic acids is 2. The molecule has 5 heteroatoms. The zero-order valence-electron chi connectivity index (χ0n) is 14.7. The molecule has 1 aliphatic carbocycles. The highest BCUT2D eigenvalue weighted by Crippen LogP contribution is 2.39. The molecular formula is C22H19NO3S. The molecule has 0 saturated heterocycles. The summed E-state index contributed by atoms with van der Waals surface area (Å²) in [5, 5.41) is 3.51. The third kappa shape index (κ3) is 3.78. The van der Waals surface area contributed by atoms with Crippen LogP contribution in [0, 0.1) is 0 Å². The molecule has 4 nitrogen and oxygen atoms in total. The summed E-state index contributed by atoms with van der Waals surface area (Å²) in [5.74, 6) is -0.134. The first-order chi connectivity index (χ1) is 13.2. The number of anilines is 1. The molecule has 1 N–H and O–H groups in total. The second-order valence-electron chi connectivity index (χ2n) is 6.44. The Balaban J connectivity index is 1.66. The summed E-state index contributed by atoms with van der Waals surface area (Å²) >= 11 is 1.49. The minimum absolute atomic E-state index is 0.219. The Morgan fingerprint density at radius 1 is 0.889 bits per heavy atom. The summed E-state index contributed by atoms with van der Waals surface area (Å²) in [6.45, 7) is 0. The first-order valence-corrected chi connectivity index (χ1v) is 9.82. The zero-order chi connectivity index (χ0) is 18.6. The molecule has 0 atom stereocenters. The molecule has 0 unspecified atom stereocenters. The predicted molar refractivity (Wildman–Crippen MR) is 107 cm³/mol. The average molecular weight is 377 g/mol. The van der Waals surface area contributed by atoms with Gasteiger partial charge >= 0.3 is 5.97 Å². The maximum atomic E-state index is 12.9. The van der Waals surface area contributed by atoms with Crippen LogP contribution in [-0.2, 0) is 12.8 Å². The van der Waals surface area contributed by atoms with Gasteiger partial charge in [-0.3, -0.25) is 4.79 Å². The molecule has 0 fully saturated rings. The van der Waals surface area contributed by atoms with E-state index in [2.05, 4.69) is 5.32 Å². The second-order valence-corrected chi connectivity index (χ2v) is 7.54. The summed E-state index contributed by atoms with van der Waals surface area (Å²) in [5.41, 5.74) is 2.09. The molecule has 0 aliphatic heterocycles. The van der Waals surface area contributed by atoms with E-state index in [0.717, 1.165) is 31.2 Å². The lowest BCUT2D eigenvalue weighted by Gasteiger charge is -2.12. The van der Waals surface area contributed by atoms with Gasteiger partial charge in [-0.05, 0) is 55.5 Å². The van der Waals surface area contributed by atoms with Crippen LogP contribution in [0.1, 0.15) is 44.0 Å². The number of para-hydroxylation sites is 1. The van der Waals surface area contributed by atoms with Gasteiger partial charge in [-0.1, -0.05) is 36.4 Å². The van der Waals surface area contributed by atoms with Crippen LogP contribution in [0.3, 0.4) is 0 Å². The third-order valence-electron chi connectivity index (χ3n) is 4.59. The van der Waals surface area contributed by atoms with Crippen molar-refractivity contribution < 1.29 is 14.3 Å². The van der Waals surface area contributed by atoms with Crippen molar-refractivity contribution in [1.82, 2.24) is 0 Å². The average Bonchev–Trinajstić information content (AvgIpc) is 3.07. The van der Waals surface area contributed by atoms with Crippen LogP contribution >= 0.6 is 11.3 Å². The number of hydrogen-bond donors (Lipinski definition) is 1. The first-order valence-electron chi connectivity index (χ1n) is 9.00. The lowest BCUT2D eigenvalue weighted by molar-refractivity contribution is 0.0735. The van der Waals surface area contributed by atoms with Gasteiger partial charge in [0, 0.05) is 10.4 Å². The summed E-state index contributed by atoms with van der Waals surface area (Å²) in [6.07, 6.45) is 3.92. The quantitative estimate of drug-likeness (QED) is 0.508. The predicted octanol–water partition coefficient (Wildman–Crippen LogP) is 5.10. The van der Waals surface area contributed by atoms with Crippen LogP contribution in [-0.4, -0.2) is 11.9 Å². The van der Waals surface area contributed by atoms with E-state index in [-0.39, 0.29) is 5.91 Å². The van der Waals surface area contributed by atoms with Crippen LogP contribution in [0.2, 0.25) is 0 Å². The Hall–Kier alpha value is -2.92. The number of hydrogen-bond acceptors (Lipinski definition) is 4. The molecule has 4 rings (SSSR count). The van der Waals surface area contributed by atoms with E-state index in [1.54, 1.807) is 24.3 Å². The van der Waals surface area contributed by atoms with Crippen LogP contribution < -0.4 is 10.1 Å². The molecule has 0 saturated carbocycles. The zero-order valence-corrected chi connectivity index (χ0v) is 15.6. The minimum Gasteiger partial charge on any atom is -0.423 e. The Morgan fingerprint density at radius 2 is 1.56 bits per heavy atom. The molecule has 1 aromatic heterocycles. The number of carbonyl (C=O) groups is 2. The number of fused-ring (bicyclic) bond motifs is 1. The number of esters is 1. The Bertz CT molecular complexity index is 964. The summed E-state index contributed by atoms with van der Waals surface area (Å²) < 4.78 is 5.57. The molecule has 1 amide bonds. The molecule has 0 bridgehead atoms. The van der Waals surface area contributed by atoms with Crippen molar-refractivity contribution in [3.05, 3.63) is 82.2 Å². The number of benzene rings is 2. The maximum absolute atomic E-state index is 12.9. The van der Waals surface area contributed by atoms with Crippen molar-refractivity contribution in [2.75, 3.05) is 5.32 Å². The SMILES string of the molecule is O=C(Nc1sc2c(c1C(=O)Oc1ccccc1)CCCC2)c1ccccc1. The van der Waals surface area contributed by atoms with E-state index < -0.39 is 5.97 Å². The van der Waals surface area contributed by atoms with Crippen molar-refractivity contribution in [3.63, 3.8) is 0 Å². The summed E-state index contributed by atoms with van der Waals surface area (Å²) in [7, 11) is 0. The van der Waals surface area contributed by atoms with Gasteiger partial charge in [0.15, 0.2) is 0 Å². The molecular weight excluding hydrogens is 358 g/mol. The molecule has 27 heavy (non-hydrogen) atoms. The smallest absolute Gasteiger partial charge is 0.346 e. The number of nitrogens with one attached hydrogen (secondary N) is 1. The standard InChI is InChI=1S/C22H19NO3S/c24-20(15-9-3-1-4-10-15)23-21-19(17-13-7-8-14-18(17)27-21)22(25)26-16-11-5-2-6-12-16/h1-6,9-12H,7-8,13-14H2,(H,23,24). The topological polar surface area (TPSA) is 55.4 Å². The van der Waals surface area contributed by atoms with Crippen LogP contribution in [0.25, 0.3) is 0 Å². The van der Waals surface area contributed by atoms with E-state index in [1.165, 1.54) is 16.2 Å². The van der Waals surface area contributed by atoms with Gasteiger partial charge in [-0.15, -0.1) is 11.3 Å². The molecule has 1 heterocycles. The first kappa shape index (κ1) is 17.5. The van der Waals surface area contributed by atoms with Crippen molar-refractivity contribution in [2.45, 2.75) is 25.7 Å². The fourth-order valence-corrected chi connectivity index (χ4v) is 4.55. The molecule has 0 spiro atoms. The Labute approximate surface area is 161 Å². The second kappa shape index (κ2) is 7.76. The highest BCUT2D eigenvalue weighted by Gasteiger charge is 2.28. The summed E-state index contributed by atoms with van der Waals surface area (Å²) in [6, 6.07) is 18.0. The van der Waals surface area contributed by atoms with Crippen molar-refractivity contribution in [1.29, 1.82) is 0 Å². The van der Waals surface area contributed by atoms with Gasteiger partial charge in [0.25, 0.3) is 5.91 Å². The molecule has 136 valence electrons. The number of thiophene rings is 1. The van der Waals surface area contributed by atoms with E-state index in [0.29, 0.717) is 21.9 Å². The maximum Gasteiger partial charge on any atom is 0.346 e. The third-order valence-corrected chi connectivity index (χ3v) is 5.80. The fourth-order valence-electron chi connectivity index (χ4n) is 3.28. The highest BCUT2D eigenvalue weighted by atomic mass is 32.1. The molecule has 3 aromatic rings. The minimum atomic E-state index is -0.413. The molecule has 2 aromatic carbocycles. The Morgan fingerprint density at radius 3 is 2.30 bits per heavy atom. The van der Waals surface area contributed by atoms with Crippen molar-refractivity contribution >= 4 is 28.2 Å². The van der Waals surface area contributed by atoms with Crippen LogP contribution in [0.15, 0.2) is 60.7 Å². The van der Waals surface area contributed by atoms with Gasteiger partial charge < -0.3 is 10.1 Å². The van der Waals surface area contributed by atoms with E-state index in [4.69, 9.17) is 4.74 Å². The monoisotopic (exact) mass is 377 g/mol. The van der Waals surface area contributed by atoms with Gasteiger partial charge in [-0.2, -0.15) is 0 Å². The van der Waals surface area contributed by atoms with E-state index in [9.17, 15) is 9.59 Å². The number of aryl methyl sites for hydroxylation is 1. The normalized spacial score (nSPS) is 12.9. The largest absolute Gasteiger partial charge is 0.423 e. The Kier molecular flexibility index (Phi) is 5.03. The van der Waals surface area contributed by atoms with E-state index in [1.807, 2.05) is 36.4 Å². The summed E-state index contributed by atoms with van der Waals surface area (Å²) in [4.78, 5) is 26.7. The van der Waals surface area contributed by atoms with E-state index >= 15 is 0 Å². The lowest BCUT2D eigenvalue weighted by atomic mass is 9.95. The molecule has 1 aliphatic rings. The van der Waals surface area contributed by atoms with Crippen LogP contribution in [0.5, 0.6) is 5.75 Å².